The first kappa shape index (κ1) is 11.9. The number of esters is 1. The molecule has 0 bridgehead atoms. The molecule has 3 nitrogen and oxygen atoms in total. The van der Waals surface area contributed by atoms with Gasteiger partial charge in [0.15, 0.2) is 0 Å². The third kappa shape index (κ3) is 4.52. The number of hydrogen-bond acceptors (Lipinski definition) is 3. The minimum atomic E-state index is -0.00646. The van der Waals surface area contributed by atoms with Gasteiger partial charge >= 0.3 is 5.97 Å². The van der Waals surface area contributed by atoms with Crippen LogP contribution in [0.1, 0.15) is 51.4 Å². The number of carbonyl (C=O) groups is 1. The number of rotatable bonds is 6. The average Bonchev–Trinajstić information content (AvgIpc) is 3.12. The highest BCUT2D eigenvalue weighted by Crippen LogP contribution is 2.32. The number of nitrogens with one attached hydrogen (secondary N) is 1. The summed E-state index contributed by atoms with van der Waals surface area (Å²) in [6.07, 6.45) is 9.08. The summed E-state index contributed by atoms with van der Waals surface area (Å²) in [7, 11) is 0. The van der Waals surface area contributed by atoms with Gasteiger partial charge in [-0.1, -0.05) is 19.3 Å². The monoisotopic (exact) mass is 225 g/mol. The van der Waals surface area contributed by atoms with Gasteiger partial charge in [-0.2, -0.15) is 0 Å². The van der Waals surface area contributed by atoms with Crippen molar-refractivity contribution in [1.29, 1.82) is 0 Å². The Bertz CT molecular complexity index is 220. The van der Waals surface area contributed by atoms with Crippen molar-refractivity contribution in [3.63, 3.8) is 0 Å². The molecular formula is C13H23NO2. The Balaban J connectivity index is 1.48. The normalized spacial score (nSPS) is 25.4. The minimum absolute atomic E-state index is 0.00646. The Kier molecular flexibility index (Phi) is 4.64. The van der Waals surface area contributed by atoms with Crippen LogP contribution in [-0.4, -0.2) is 25.2 Å². The van der Waals surface area contributed by atoms with E-state index >= 15 is 0 Å². The zero-order chi connectivity index (χ0) is 11.2. The lowest BCUT2D eigenvalue weighted by molar-refractivity contribution is -0.144. The highest BCUT2D eigenvalue weighted by Gasteiger charge is 2.21. The largest absolute Gasteiger partial charge is 0.466 e. The Morgan fingerprint density at radius 2 is 2.06 bits per heavy atom. The SMILES string of the molecule is O=C(CCC1CCCCN1)OCCC1CC1. The zero-order valence-corrected chi connectivity index (χ0v) is 10.0. The molecule has 1 saturated heterocycles. The molecule has 1 aliphatic carbocycles. The van der Waals surface area contributed by atoms with Crippen LogP contribution in [0.15, 0.2) is 0 Å². The van der Waals surface area contributed by atoms with Crippen LogP contribution in [0.5, 0.6) is 0 Å². The molecule has 1 aliphatic heterocycles. The van der Waals surface area contributed by atoms with E-state index in [-0.39, 0.29) is 5.97 Å². The lowest BCUT2D eigenvalue weighted by atomic mass is 10.0. The van der Waals surface area contributed by atoms with Crippen LogP contribution < -0.4 is 5.32 Å². The van der Waals surface area contributed by atoms with E-state index in [4.69, 9.17) is 4.74 Å². The highest BCUT2D eigenvalue weighted by molar-refractivity contribution is 5.69. The summed E-state index contributed by atoms with van der Waals surface area (Å²) in [5, 5.41) is 3.45. The van der Waals surface area contributed by atoms with Crippen molar-refractivity contribution in [2.24, 2.45) is 5.92 Å². The second kappa shape index (κ2) is 6.24. The van der Waals surface area contributed by atoms with E-state index in [1.807, 2.05) is 0 Å². The molecular weight excluding hydrogens is 202 g/mol. The van der Waals surface area contributed by atoms with E-state index in [0.29, 0.717) is 19.1 Å². The smallest absolute Gasteiger partial charge is 0.305 e. The molecule has 0 aromatic rings. The molecule has 1 saturated carbocycles. The first-order valence-electron chi connectivity index (χ1n) is 6.73. The van der Waals surface area contributed by atoms with Crippen molar-refractivity contribution in [2.45, 2.75) is 57.4 Å². The van der Waals surface area contributed by atoms with Gasteiger partial charge in [0.1, 0.15) is 0 Å². The second-order valence-corrected chi connectivity index (χ2v) is 5.14. The summed E-state index contributed by atoms with van der Waals surface area (Å²) in [5.41, 5.74) is 0. The van der Waals surface area contributed by atoms with E-state index < -0.39 is 0 Å². The lowest BCUT2D eigenvalue weighted by Gasteiger charge is -2.22. The number of hydrogen-bond donors (Lipinski definition) is 1. The maximum absolute atomic E-state index is 11.4. The van der Waals surface area contributed by atoms with Crippen LogP contribution in [0.3, 0.4) is 0 Å². The Hall–Kier alpha value is -0.570. The maximum atomic E-state index is 11.4. The highest BCUT2D eigenvalue weighted by atomic mass is 16.5. The van der Waals surface area contributed by atoms with Gasteiger partial charge in [-0.05, 0) is 38.1 Å². The quantitative estimate of drug-likeness (QED) is 0.705. The van der Waals surface area contributed by atoms with Gasteiger partial charge in [0.2, 0.25) is 0 Å². The van der Waals surface area contributed by atoms with Gasteiger partial charge in [-0.25, -0.2) is 0 Å². The van der Waals surface area contributed by atoms with Gasteiger partial charge in [-0.3, -0.25) is 4.79 Å². The molecule has 0 radical (unpaired) electrons. The molecule has 0 aromatic heterocycles. The van der Waals surface area contributed by atoms with Crippen LogP contribution in [0, 0.1) is 5.92 Å². The van der Waals surface area contributed by atoms with Gasteiger partial charge in [-0.15, -0.1) is 0 Å². The molecule has 0 aromatic carbocycles. The van der Waals surface area contributed by atoms with Crippen molar-refractivity contribution in [2.75, 3.05) is 13.2 Å². The Morgan fingerprint density at radius 1 is 1.19 bits per heavy atom. The topological polar surface area (TPSA) is 38.3 Å². The molecule has 3 heteroatoms. The van der Waals surface area contributed by atoms with Crippen LogP contribution in [0.4, 0.5) is 0 Å². The molecule has 1 N–H and O–H groups in total. The van der Waals surface area contributed by atoms with Crippen molar-refractivity contribution in [3.05, 3.63) is 0 Å². The molecule has 1 unspecified atom stereocenters. The molecule has 1 heterocycles. The molecule has 2 rings (SSSR count). The second-order valence-electron chi connectivity index (χ2n) is 5.14. The van der Waals surface area contributed by atoms with E-state index in [1.54, 1.807) is 0 Å². The molecule has 0 amide bonds. The fourth-order valence-corrected chi connectivity index (χ4v) is 2.28. The third-order valence-corrected chi connectivity index (χ3v) is 3.60. The van der Waals surface area contributed by atoms with Crippen LogP contribution >= 0.6 is 0 Å². The van der Waals surface area contributed by atoms with Crippen LogP contribution in [0.25, 0.3) is 0 Å². The van der Waals surface area contributed by atoms with Crippen molar-refractivity contribution < 1.29 is 9.53 Å². The minimum Gasteiger partial charge on any atom is -0.466 e. The molecule has 16 heavy (non-hydrogen) atoms. The first-order chi connectivity index (χ1) is 7.84. The molecule has 2 fully saturated rings. The van der Waals surface area contributed by atoms with Crippen molar-refractivity contribution in [3.8, 4) is 0 Å². The number of carbonyl (C=O) groups excluding carboxylic acids is 1. The predicted molar refractivity (Wildman–Crippen MR) is 63.2 cm³/mol. The third-order valence-electron chi connectivity index (χ3n) is 3.60. The van der Waals surface area contributed by atoms with Crippen LogP contribution in [-0.2, 0) is 9.53 Å². The summed E-state index contributed by atoms with van der Waals surface area (Å²) in [5.74, 6) is 0.848. The van der Waals surface area contributed by atoms with E-state index in [9.17, 15) is 4.79 Å². The summed E-state index contributed by atoms with van der Waals surface area (Å²) < 4.78 is 5.22. The van der Waals surface area contributed by atoms with Crippen LogP contribution in [0.2, 0.25) is 0 Å². The first-order valence-corrected chi connectivity index (χ1v) is 6.73. The summed E-state index contributed by atoms with van der Waals surface area (Å²) in [6, 6.07) is 0.546. The maximum Gasteiger partial charge on any atom is 0.305 e. The molecule has 0 spiro atoms. The summed E-state index contributed by atoms with van der Waals surface area (Å²) >= 11 is 0. The predicted octanol–water partition coefficient (Wildman–Crippen LogP) is 2.25. The van der Waals surface area contributed by atoms with Gasteiger partial charge < -0.3 is 10.1 Å². The zero-order valence-electron chi connectivity index (χ0n) is 10.0. The lowest BCUT2D eigenvalue weighted by Crippen LogP contribution is -2.34. The number of ether oxygens (including phenoxy) is 1. The van der Waals surface area contributed by atoms with E-state index in [2.05, 4.69) is 5.32 Å². The Labute approximate surface area is 97.9 Å². The molecule has 2 aliphatic rings. The summed E-state index contributed by atoms with van der Waals surface area (Å²) in [6.45, 7) is 1.75. The van der Waals surface area contributed by atoms with Gasteiger partial charge in [0, 0.05) is 12.5 Å². The molecule has 92 valence electrons. The Morgan fingerprint density at radius 3 is 2.75 bits per heavy atom. The fraction of sp³-hybridized carbons (Fsp3) is 0.923. The number of piperidine rings is 1. The average molecular weight is 225 g/mol. The van der Waals surface area contributed by atoms with Gasteiger partial charge in [0.25, 0.3) is 0 Å². The van der Waals surface area contributed by atoms with Crippen molar-refractivity contribution >= 4 is 5.97 Å². The van der Waals surface area contributed by atoms with E-state index in [1.165, 1.54) is 32.1 Å². The van der Waals surface area contributed by atoms with E-state index in [0.717, 1.165) is 25.3 Å². The van der Waals surface area contributed by atoms with Crippen molar-refractivity contribution in [1.82, 2.24) is 5.32 Å². The molecule has 1 atom stereocenters. The standard InChI is InChI=1S/C13H23NO2/c15-13(16-10-8-11-4-5-11)7-6-12-3-1-2-9-14-12/h11-12,14H,1-10H2. The fourth-order valence-electron chi connectivity index (χ4n) is 2.28. The summed E-state index contributed by atoms with van der Waals surface area (Å²) in [4.78, 5) is 11.4. The van der Waals surface area contributed by atoms with Gasteiger partial charge in [0.05, 0.1) is 6.61 Å².